The van der Waals surface area contributed by atoms with Gasteiger partial charge in [0.2, 0.25) is 6.79 Å². The van der Waals surface area contributed by atoms with E-state index in [-0.39, 0.29) is 0 Å². The maximum absolute atomic E-state index is 5.27. The third-order valence-electron chi connectivity index (χ3n) is 5.49. The van der Waals surface area contributed by atoms with E-state index in [1.54, 1.807) is 0 Å². The lowest BCUT2D eigenvalue weighted by atomic mass is 10.0. The van der Waals surface area contributed by atoms with E-state index in [2.05, 4.69) is 74.9 Å². The van der Waals surface area contributed by atoms with E-state index in [1.165, 1.54) is 29.9 Å². The summed E-state index contributed by atoms with van der Waals surface area (Å²) in [4.78, 5) is 4.86. The molecule has 1 fully saturated rings. The van der Waals surface area contributed by atoms with Gasteiger partial charge in [-0.15, -0.1) is 0 Å². The molecule has 2 aliphatic rings. The second-order valence-corrected chi connectivity index (χ2v) is 8.30. The van der Waals surface area contributed by atoms with Crippen molar-refractivity contribution in [2.75, 3.05) is 44.9 Å². The SMILES string of the molecule is CC(C)c1ccc(N2CCN(C)CC2)cc1.CC(C)c1ccc2c(c1)OCO2. The minimum Gasteiger partial charge on any atom is -0.454 e. The van der Waals surface area contributed by atoms with Crippen molar-refractivity contribution in [1.82, 2.24) is 4.90 Å². The molecule has 4 heteroatoms. The molecule has 0 aliphatic carbocycles. The summed E-state index contributed by atoms with van der Waals surface area (Å²) in [5.41, 5.74) is 4.09. The van der Waals surface area contributed by atoms with Crippen molar-refractivity contribution >= 4 is 5.69 Å². The van der Waals surface area contributed by atoms with Gasteiger partial charge in [0, 0.05) is 31.9 Å². The van der Waals surface area contributed by atoms with E-state index in [0.29, 0.717) is 18.6 Å². The molecule has 28 heavy (non-hydrogen) atoms. The van der Waals surface area contributed by atoms with Gasteiger partial charge in [0.1, 0.15) is 0 Å². The summed E-state index contributed by atoms with van der Waals surface area (Å²) < 4.78 is 10.5. The maximum Gasteiger partial charge on any atom is 0.231 e. The Morgan fingerprint density at radius 1 is 0.714 bits per heavy atom. The Hall–Kier alpha value is -2.20. The number of benzene rings is 2. The summed E-state index contributed by atoms with van der Waals surface area (Å²) in [6.07, 6.45) is 0. The Kier molecular flexibility index (Phi) is 6.84. The van der Waals surface area contributed by atoms with Gasteiger partial charge < -0.3 is 19.3 Å². The van der Waals surface area contributed by atoms with Crippen LogP contribution in [0.2, 0.25) is 0 Å². The van der Waals surface area contributed by atoms with Crippen LogP contribution < -0.4 is 14.4 Å². The first-order chi connectivity index (χ1) is 13.4. The summed E-state index contributed by atoms with van der Waals surface area (Å²) >= 11 is 0. The van der Waals surface area contributed by atoms with Gasteiger partial charge in [-0.3, -0.25) is 0 Å². The lowest BCUT2D eigenvalue weighted by molar-refractivity contribution is 0.174. The molecular weight excluding hydrogens is 348 g/mol. The molecule has 0 spiro atoms. The number of nitrogens with zero attached hydrogens (tertiary/aromatic N) is 2. The lowest BCUT2D eigenvalue weighted by Crippen LogP contribution is -2.44. The second-order valence-electron chi connectivity index (χ2n) is 8.30. The van der Waals surface area contributed by atoms with E-state index in [9.17, 15) is 0 Å². The fraction of sp³-hybridized carbons (Fsp3) is 0.500. The Morgan fingerprint density at radius 3 is 1.89 bits per heavy atom. The van der Waals surface area contributed by atoms with E-state index in [0.717, 1.165) is 24.6 Å². The molecule has 4 nitrogen and oxygen atoms in total. The highest BCUT2D eigenvalue weighted by molar-refractivity contribution is 5.48. The van der Waals surface area contributed by atoms with Crippen LogP contribution in [0.5, 0.6) is 11.5 Å². The van der Waals surface area contributed by atoms with Gasteiger partial charge in [0.25, 0.3) is 0 Å². The number of ether oxygens (including phenoxy) is 2. The number of hydrogen-bond donors (Lipinski definition) is 0. The van der Waals surface area contributed by atoms with E-state index >= 15 is 0 Å². The molecule has 0 amide bonds. The van der Waals surface area contributed by atoms with Gasteiger partial charge in [-0.2, -0.15) is 0 Å². The molecule has 0 bridgehead atoms. The largest absolute Gasteiger partial charge is 0.454 e. The summed E-state index contributed by atoms with van der Waals surface area (Å²) in [5.74, 6) is 2.90. The van der Waals surface area contributed by atoms with Gasteiger partial charge in [0.15, 0.2) is 11.5 Å². The van der Waals surface area contributed by atoms with Crippen LogP contribution in [-0.4, -0.2) is 44.9 Å². The number of rotatable bonds is 3. The minimum atomic E-state index is 0.358. The summed E-state index contributed by atoms with van der Waals surface area (Å²) in [7, 11) is 2.19. The van der Waals surface area contributed by atoms with Crippen LogP contribution in [0.15, 0.2) is 42.5 Å². The van der Waals surface area contributed by atoms with Crippen LogP contribution in [0, 0.1) is 0 Å². The van der Waals surface area contributed by atoms with Crippen LogP contribution in [-0.2, 0) is 0 Å². The smallest absolute Gasteiger partial charge is 0.231 e. The fourth-order valence-corrected chi connectivity index (χ4v) is 3.41. The van der Waals surface area contributed by atoms with Gasteiger partial charge in [-0.05, 0) is 54.3 Å². The molecule has 0 N–H and O–H groups in total. The van der Waals surface area contributed by atoms with Crippen molar-refractivity contribution < 1.29 is 9.47 Å². The van der Waals surface area contributed by atoms with Crippen molar-refractivity contribution in [2.45, 2.75) is 39.5 Å². The zero-order chi connectivity index (χ0) is 20.1. The van der Waals surface area contributed by atoms with E-state index < -0.39 is 0 Å². The molecule has 0 radical (unpaired) electrons. The van der Waals surface area contributed by atoms with Crippen molar-refractivity contribution in [3.8, 4) is 11.5 Å². The van der Waals surface area contributed by atoms with Crippen molar-refractivity contribution in [1.29, 1.82) is 0 Å². The van der Waals surface area contributed by atoms with Crippen molar-refractivity contribution in [3.05, 3.63) is 53.6 Å². The molecule has 1 saturated heterocycles. The monoisotopic (exact) mass is 382 g/mol. The number of likely N-dealkylation sites (N-methyl/N-ethyl adjacent to an activating group) is 1. The minimum absolute atomic E-state index is 0.358. The first kappa shape index (κ1) is 20.5. The summed E-state index contributed by atoms with van der Waals surface area (Å²) in [6.45, 7) is 13.8. The molecule has 152 valence electrons. The zero-order valence-corrected chi connectivity index (χ0v) is 17.9. The highest BCUT2D eigenvalue weighted by atomic mass is 16.7. The van der Waals surface area contributed by atoms with Crippen molar-refractivity contribution in [3.63, 3.8) is 0 Å². The molecule has 2 aromatic rings. The second kappa shape index (κ2) is 9.33. The quantitative estimate of drug-likeness (QED) is 0.737. The van der Waals surface area contributed by atoms with Crippen LogP contribution in [0.1, 0.15) is 50.7 Å². The molecule has 2 aromatic carbocycles. The fourth-order valence-electron chi connectivity index (χ4n) is 3.41. The molecule has 2 heterocycles. The number of fused-ring (bicyclic) bond motifs is 1. The topological polar surface area (TPSA) is 24.9 Å². The Bertz CT molecular complexity index is 748. The molecule has 0 unspecified atom stereocenters. The first-order valence-electron chi connectivity index (χ1n) is 10.4. The number of anilines is 1. The van der Waals surface area contributed by atoms with Crippen LogP contribution >= 0.6 is 0 Å². The Balaban J connectivity index is 0.000000167. The average Bonchev–Trinajstić information content (AvgIpc) is 3.17. The van der Waals surface area contributed by atoms with Gasteiger partial charge in [-0.25, -0.2) is 0 Å². The van der Waals surface area contributed by atoms with Crippen LogP contribution in [0.4, 0.5) is 5.69 Å². The molecule has 0 aromatic heterocycles. The highest BCUT2D eigenvalue weighted by Gasteiger charge is 2.14. The van der Waals surface area contributed by atoms with E-state index in [1.807, 2.05) is 12.1 Å². The van der Waals surface area contributed by atoms with E-state index in [4.69, 9.17) is 9.47 Å². The Morgan fingerprint density at radius 2 is 1.29 bits per heavy atom. The summed E-state index contributed by atoms with van der Waals surface area (Å²) in [5, 5.41) is 0. The summed E-state index contributed by atoms with van der Waals surface area (Å²) in [6, 6.07) is 15.2. The van der Waals surface area contributed by atoms with Crippen LogP contribution in [0.25, 0.3) is 0 Å². The van der Waals surface area contributed by atoms with Crippen LogP contribution in [0.3, 0.4) is 0 Å². The molecular formula is C24H34N2O2. The van der Waals surface area contributed by atoms with Gasteiger partial charge in [-0.1, -0.05) is 45.9 Å². The molecule has 0 atom stereocenters. The predicted octanol–water partition coefficient (Wildman–Crippen LogP) is 5.10. The van der Waals surface area contributed by atoms with Gasteiger partial charge >= 0.3 is 0 Å². The molecule has 2 aliphatic heterocycles. The predicted molar refractivity (Wildman–Crippen MR) is 117 cm³/mol. The highest BCUT2D eigenvalue weighted by Crippen LogP contribution is 2.34. The average molecular weight is 383 g/mol. The zero-order valence-electron chi connectivity index (χ0n) is 17.9. The first-order valence-corrected chi connectivity index (χ1v) is 10.4. The third kappa shape index (κ3) is 5.20. The normalized spacial score (nSPS) is 16.3. The maximum atomic E-state index is 5.27. The Labute approximate surface area is 170 Å². The molecule has 0 saturated carbocycles. The molecule has 4 rings (SSSR count). The lowest BCUT2D eigenvalue weighted by Gasteiger charge is -2.34. The third-order valence-corrected chi connectivity index (χ3v) is 5.49. The van der Waals surface area contributed by atoms with Crippen molar-refractivity contribution in [2.24, 2.45) is 0 Å². The number of piperazine rings is 1. The standard InChI is InChI=1S/C14H22N2.C10H12O2/c1-12(2)13-4-6-14(7-5-13)16-10-8-15(3)9-11-16;1-7(2)8-3-4-9-10(5-8)12-6-11-9/h4-7,12H,8-11H2,1-3H3;3-5,7H,6H2,1-2H3. The van der Waals surface area contributed by atoms with Gasteiger partial charge in [0.05, 0.1) is 0 Å². The number of hydrogen-bond acceptors (Lipinski definition) is 4.